The van der Waals surface area contributed by atoms with Gasteiger partial charge in [-0.25, -0.2) is 4.79 Å². The molecule has 0 unspecified atom stereocenters. The van der Waals surface area contributed by atoms with E-state index in [0.717, 1.165) is 11.6 Å². The molecule has 0 saturated heterocycles. The van der Waals surface area contributed by atoms with Crippen LogP contribution in [0.2, 0.25) is 0 Å². The van der Waals surface area contributed by atoms with Crippen LogP contribution < -0.4 is 9.47 Å². The van der Waals surface area contributed by atoms with Gasteiger partial charge in [0.1, 0.15) is 18.1 Å². The van der Waals surface area contributed by atoms with Crippen LogP contribution in [0.5, 0.6) is 11.5 Å². The fourth-order valence-electron chi connectivity index (χ4n) is 1.77. The molecule has 110 valence electrons. The largest absolute Gasteiger partial charge is 0.497 e. The number of methoxy groups -OCH3 is 1. The minimum absolute atomic E-state index is 0.342. The number of hydrogen-bond donors (Lipinski definition) is 1. The molecule has 0 fully saturated rings. The van der Waals surface area contributed by atoms with E-state index < -0.39 is 5.97 Å². The van der Waals surface area contributed by atoms with Gasteiger partial charge in [0.25, 0.3) is 0 Å². The average Bonchev–Trinajstić information content (AvgIpc) is 2.88. The van der Waals surface area contributed by atoms with Crippen LogP contribution in [0.1, 0.15) is 11.1 Å². The third-order valence-electron chi connectivity index (χ3n) is 2.78. The van der Waals surface area contributed by atoms with E-state index in [9.17, 15) is 4.79 Å². The Bertz CT molecular complexity index is 661. The van der Waals surface area contributed by atoms with Crippen molar-refractivity contribution in [3.8, 4) is 11.5 Å². The smallest absolute Gasteiger partial charge is 0.328 e. The van der Waals surface area contributed by atoms with Crippen molar-refractivity contribution in [1.29, 1.82) is 0 Å². The quantitative estimate of drug-likeness (QED) is 0.824. The molecule has 0 radical (unpaired) electrons. The Balaban J connectivity index is 2.19. The van der Waals surface area contributed by atoms with Gasteiger partial charge in [-0.3, -0.25) is 4.68 Å². The highest BCUT2D eigenvalue weighted by molar-refractivity contribution is 5.86. The molecule has 0 saturated carbocycles. The Hall–Kier alpha value is -2.76. The van der Waals surface area contributed by atoms with Crippen molar-refractivity contribution in [2.75, 3.05) is 7.11 Å². The Morgan fingerprint density at radius 1 is 1.48 bits per heavy atom. The summed E-state index contributed by atoms with van der Waals surface area (Å²) in [6.45, 7) is 0.342. The molecule has 0 aliphatic rings. The molecule has 2 aromatic rings. The lowest BCUT2D eigenvalue weighted by atomic mass is 10.1. The summed E-state index contributed by atoms with van der Waals surface area (Å²) in [5, 5.41) is 12.8. The first-order valence-corrected chi connectivity index (χ1v) is 6.28. The van der Waals surface area contributed by atoms with Crippen LogP contribution >= 0.6 is 0 Å². The number of aromatic nitrogens is 2. The summed E-state index contributed by atoms with van der Waals surface area (Å²) in [5.41, 5.74) is 1.59. The number of aryl methyl sites for hydroxylation is 1. The normalized spacial score (nSPS) is 10.8. The van der Waals surface area contributed by atoms with Gasteiger partial charge in [-0.15, -0.1) is 0 Å². The SMILES string of the molecule is COc1ccc(C=CC(=O)O)c(OCc2cnn(C)c2)c1. The first-order valence-electron chi connectivity index (χ1n) is 6.28. The van der Waals surface area contributed by atoms with E-state index in [0.29, 0.717) is 23.7 Å². The number of hydrogen-bond acceptors (Lipinski definition) is 4. The van der Waals surface area contributed by atoms with Crippen LogP contribution in [0, 0.1) is 0 Å². The van der Waals surface area contributed by atoms with E-state index in [1.165, 1.54) is 6.08 Å². The second kappa shape index (κ2) is 6.60. The molecule has 0 aliphatic carbocycles. The number of carbonyl (C=O) groups is 1. The lowest BCUT2D eigenvalue weighted by Crippen LogP contribution is -1.97. The summed E-state index contributed by atoms with van der Waals surface area (Å²) in [6.07, 6.45) is 6.12. The fourth-order valence-corrected chi connectivity index (χ4v) is 1.77. The van der Waals surface area contributed by atoms with Crippen molar-refractivity contribution in [2.24, 2.45) is 7.05 Å². The van der Waals surface area contributed by atoms with Gasteiger partial charge in [-0.05, 0) is 18.2 Å². The van der Waals surface area contributed by atoms with Crippen LogP contribution in [0.3, 0.4) is 0 Å². The highest BCUT2D eigenvalue weighted by Crippen LogP contribution is 2.26. The molecule has 0 amide bonds. The Labute approximate surface area is 122 Å². The highest BCUT2D eigenvalue weighted by Gasteiger charge is 2.06. The minimum Gasteiger partial charge on any atom is -0.497 e. The zero-order chi connectivity index (χ0) is 15.2. The van der Waals surface area contributed by atoms with E-state index in [1.807, 2.05) is 13.2 Å². The van der Waals surface area contributed by atoms with Gasteiger partial charge < -0.3 is 14.6 Å². The van der Waals surface area contributed by atoms with Gasteiger partial charge in [0.15, 0.2) is 0 Å². The number of aliphatic carboxylic acids is 1. The van der Waals surface area contributed by atoms with Crippen molar-refractivity contribution in [2.45, 2.75) is 6.61 Å². The zero-order valence-electron chi connectivity index (χ0n) is 11.8. The van der Waals surface area contributed by atoms with Gasteiger partial charge in [-0.1, -0.05) is 0 Å². The molecular formula is C15H16N2O4. The highest BCUT2D eigenvalue weighted by atomic mass is 16.5. The number of ether oxygens (including phenoxy) is 2. The molecule has 0 bridgehead atoms. The summed E-state index contributed by atoms with van der Waals surface area (Å²) in [5.74, 6) is 0.184. The molecule has 0 aliphatic heterocycles. The van der Waals surface area contributed by atoms with Crippen molar-refractivity contribution in [3.05, 3.63) is 47.8 Å². The predicted molar refractivity (Wildman–Crippen MR) is 77.2 cm³/mol. The first-order chi connectivity index (χ1) is 10.1. The maximum absolute atomic E-state index is 10.6. The maximum atomic E-state index is 10.6. The standard InChI is InChI=1S/C15H16N2O4/c1-17-9-11(8-16-17)10-21-14-7-13(20-2)5-3-12(14)4-6-15(18)19/h3-9H,10H2,1-2H3,(H,18,19). The maximum Gasteiger partial charge on any atom is 0.328 e. The Kier molecular flexibility index (Phi) is 4.61. The molecule has 0 spiro atoms. The second-order valence-electron chi connectivity index (χ2n) is 4.39. The van der Waals surface area contributed by atoms with Crippen LogP contribution in [0.25, 0.3) is 6.08 Å². The van der Waals surface area contributed by atoms with Gasteiger partial charge in [0.05, 0.1) is 13.3 Å². The monoisotopic (exact) mass is 288 g/mol. The average molecular weight is 288 g/mol. The number of rotatable bonds is 6. The van der Waals surface area contributed by atoms with Gasteiger partial charge in [-0.2, -0.15) is 5.10 Å². The summed E-state index contributed by atoms with van der Waals surface area (Å²) in [6, 6.07) is 5.22. The molecule has 6 heteroatoms. The molecular weight excluding hydrogens is 272 g/mol. The zero-order valence-corrected chi connectivity index (χ0v) is 11.8. The summed E-state index contributed by atoms with van der Waals surface area (Å²) >= 11 is 0. The first kappa shape index (κ1) is 14.6. The number of nitrogens with zero attached hydrogens (tertiary/aromatic N) is 2. The van der Waals surface area contributed by atoms with Crippen molar-refractivity contribution in [1.82, 2.24) is 9.78 Å². The topological polar surface area (TPSA) is 73.6 Å². The molecule has 1 heterocycles. The van der Waals surface area contributed by atoms with Crippen molar-refractivity contribution in [3.63, 3.8) is 0 Å². The van der Waals surface area contributed by atoms with Crippen LogP contribution in [0.4, 0.5) is 0 Å². The van der Waals surface area contributed by atoms with Gasteiger partial charge in [0.2, 0.25) is 0 Å². The van der Waals surface area contributed by atoms with E-state index in [1.54, 1.807) is 36.2 Å². The molecule has 1 aromatic heterocycles. The van der Waals surface area contributed by atoms with E-state index >= 15 is 0 Å². The third kappa shape index (κ3) is 4.10. The number of carboxylic acid groups (broad SMARTS) is 1. The van der Waals surface area contributed by atoms with E-state index in [2.05, 4.69) is 5.10 Å². The predicted octanol–water partition coefficient (Wildman–Crippen LogP) is 2.11. The van der Waals surface area contributed by atoms with Crippen LogP contribution in [0.15, 0.2) is 36.7 Å². The summed E-state index contributed by atoms with van der Waals surface area (Å²) in [7, 11) is 3.39. The third-order valence-corrected chi connectivity index (χ3v) is 2.78. The lowest BCUT2D eigenvalue weighted by Gasteiger charge is -2.10. The van der Waals surface area contributed by atoms with Gasteiger partial charge >= 0.3 is 5.97 Å². The summed E-state index contributed by atoms with van der Waals surface area (Å²) in [4.78, 5) is 10.6. The Morgan fingerprint density at radius 3 is 2.90 bits per heavy atom. The molecule has 2 rings (SSSR count). The van der Waals surface area contributed by atoms with E-state index in [4.69, 9.17) is 14.6 Å². The molecule has 1 N–H and O–H groups in total. The van der Waals surface area contributed by atoms with Gasteiger partial charge in [0, 0.05) is 36.5 Å². The van der Waals surface area contributed by atoms with Crippen LogP contribution in [-0.2, 0) is 18.4 Å². The van der Waals surface area contributed by atoms with Crippen LogP contribution in [-0.4, -0.2) is 28.0 Å². The molecule has 6 nitrogen and oxygen atoms in total. The molecule has 0 atom stereocenters. The lowest BCUT2D eigenvalue weighted by molar-refractivity contribution is -0.131. The Morgan fingerprint density at radius 2 is 2.29 bits per heavy atom. The molecule has 1 aromatic carbocycles. The fraction of sp³-hybridized carbons (Fsp3) is 0.200. The number of carboxylic acids is 1. The van der Waals surface area contributed by atoms with E-state index in [-0.39, 0.29) is 0 Å². The summed E-state index contributed by atoms with van der Waals surface area (Å²) < 4.78 is 12.6. The van der Waals surface area contributed by atoms with Crippen molar-refractivity contribution < 1.29 is 19.4 Å². The molecule has 21 heavy (non-hydrogen) atoms. The number of benzene rings is 1. The second-order valence-corrected chi connectivity index (χ2v) is 4.39. The minimum atomic E-state index is -1.01. The van der Waals surface area contributed by atoms with Crippen molar-refractivity contribution >= 4 is 12.0 Å².